The second-order valence-electron chi connectivity index (χ2n) is 4.42. The zero-order valence-corrected chi connectivity index (χ0v) is 11.8. The Morgan fingerprint density at radius 3 is 1.85 bits per heavy atom. The Balaban J connectivity index is 2.53. The van der Waals surface area contributed by atoms with E-state index in [-0.39, 0.29) is 0 Å². The van der Waals surface area contributed by atoms with Crippen molar-refractivity contribution < 1.29 is 17.2 Å². The summed E-state index contributed by atoms with van der Waals surface area (Å²) in [4.78, 5) is -0.970. The molecule has 1 N–H and O–H groups in total. The third-order valence-corrected chi connectivity index (χ3v) is 4.31. The van der Waals surface area contributed by atoms with Gasteiger partial charge in [0.15, 0.2) is 4.90 Å². The van der Waals surface area contributed by atoms with Gasteiger partial charge in [-0.25, -0.2) is 17.2 Å². The Kier molecular flexibility index (Phi) is 3.76. The molecule has 20 heavy (non-hydrogen) atoms. The third kappa shape index (κ3) is 2.65. The molecule has 0 saturated carbocycles. The summed E-state index contributed by atoms with van der Waals surface area (Å²) in [5.41, 5.74) is 1.67. The van der Waals surface area contributed by atoms with Crippen LogP contribution in [0.2, 0.25) is 0 Å². The average Bonchev–Trinajstić information content (AvgIpc) is 2.33. The molecule has 0 saturated heterocycles. The molecule has 2 aromatic carbocycles. The average molecular weight is 297 g/mol. The van der Waals surface area contributed by atoms with E-state index in [0.717, 1.165) is 18.2 Å². The first-order chi connectivity index (χ1) is 9.33. The molecule has 2 rings (SSSR count). The molecular formula is C14H13F2NO2S. The number of aryl methyl sites for hydroxylation is 2. The highest BCUT2D eigenvalue weighted by Gasteiger charge is 2.24. The van der Waals surface area contributed by atoms with Gasteiger partial charge < -0.3 is 0 Å². The molecule has 3 nitrogen and oxygen atoms in total. The normalized spacial score (nSPS) is 11.4. The first-order valence-corrected chi connectivity index (χ1v) is 7.34. The van der Waals surface area contributed by atoms with Gasteiger partial charge in [0.25, 0.3) is 10.0 Å². The molecule has 0 radical (unpaired) electrons. The second kappa shape index (κ2) is 5.20. The van der Waals surface area contributed by atoms with Crippen molar-refractivity contribution in [3.8, 4) is 0 Å². The fourth-order valence-electron chi connectivity index (χ4n) is 1.90. The van der Waals surface area contributed by atoms with Gasteiger partial charge in [0.05, 0.1) is 5.69 Å². The minimum absolute atomic E-state index is 0.329. The van der Waals surface area contributed by atoms with E-state index in [0.29, 0.717) is 16.8 Å². The fourth-order valence-corrected chi connectivity index (χ4v) is 3.24. The SMILES string of the molecule is Cc1cccc(C)c1NS(=O)(=O)c1c(F)cccc1F. The second-order valence-corrected chi connectivity index (χ2v) is 6.04. The molecule has 6 heteroatoms. The van der Waals surface area contributed by atoms with Crippen LogP contribution < -0.4 is 4.72 Å². The molecule has 0 bridgehead atoms. The maximum absolute atomic E-state index is 13.6. The van der Waals surface area contributed by atoms with Gasteiger partial charge in [-0.15, -0.1) is 0 Å². The van der Waals surface area contributed by atoms with E-state index in [1.165, 1.54) is 0 Å². The first-order valence-electron chi connectivity index (χ1n) is 5.86. The summed E-state index contributed by atoms with van der Waals surface area (Å²) >= 11 is 0. The predicted molar refractivity (Wildman–Crippen MR) is 73.1 cm³/mol. The van der Waals surface area contributed by atoms with E-state index in [9.17, 15) is 17.2 Å². The molecular weight excluding hydrogens is 284 g/mol. The smallest absolute Gasteiger partial charge is 0.267 e. The van der Waals surface area contributed by atoms with Gasteiger partial charge in [-0.05, 0) is 37.1 Å². The molecule has 0 aliphatic carbocycles. The summed E-state index contributed by atoms with van der Waals surface area (Å²) in [5, 5.41) is 0. The fraction of sp³-hybridized carbons (Fsp3) is 0.143. The number of hydrogen-bond donors (Lipinski definition) is 1. The summed E-state index contributed by atoms with van der Waals surface area (Å²) in [5.74, 6) is -2.24. The van der Waals surface area contributed by atoms with Gasteiger partial charge in [-0.2, -0.15) is 0 Å². The molecule has 0 amide bonds. The number of anilines is 1. The van der Waals surface area contributed by atoms with E-state index >= 15 is 0 Å². The Morgan fingerprint density at radius 1 is 0.900 bits per heavy atom. The molecule has 0 aromatic heterocycles. The topological polar surface area (TPSA) is 46.2 Å². The zero-order chi connectivity index (χ0) is 14.9. The molecule has 2 aromatic rings. The first kappa shape index (κ1) is 14.5. The quantitative estimate of drug-likeness (QED) is 0.944. The predicted octanol–water partition coefficient (Wildman–Crippen LogP) is 3.38. The number of sulfonamides is 1. The molecule has 0 aliphatic rings. The molecule has 0 aliphatic heterocycles. The zero-order valence-electron chi connectivity index (χ0n) is 10.9. The summed E-state index contributed by atoms with van der Waals surface area (Å²) in [6.45, 7) is 3.42. The van der Waals surface area contributed by atoms with Gasteiger partial charge in [-0.1, -0.05) is 24.3 Å². The van der Waals surface area contributed by atoms with Crippen LogP contribution in [0.15, 0.2) is 41.3 Å². The van der Waals surface area contributed by atoms with Crippen LogP contribution in [0.4, 0.5) is 14.5 Å². The van der Waals surface area contributed by atoms with Gasteiger partial charge >= 0.3 is 0 Å². The van der Waals surface area contributed by atoms with Crippen LogP contribution in [0, 0.1) is 25.5 Å². The molecule has 106 valence electrons. The number of hydrogen-bond acceptors (Lipinski definition) is 2. The van der Waals surface area contributed by atoms with Crippen molar-refractivity contribution in [3.05, 3.63) is 59.2 Å². The van der Waals surface area contributed by atoms with Crippen molar-refractivity contribution >= 4 is 15.7 Å². The van der Waals surface area contributed by atoms with Crippen LogP contribution >= 0.6 is 0 Å². The van der Waals surface area contributed by atoms with Gasteiger partial charge in [0.2, 0.25) is 0 Å². The minimum atomic E-state index is -4.32. The van der Waals surface area contributed by atoms with Crippen molar-refractivity contribution in [3.63, 3.8) is 0 Å². The summed E-state index contributed by atoms with van der Waals surface area (Å²) in [6.07, 6.45) is 0. The van der Waals surface area contributed by atoms with Gasteiger partial charge in [0, 0.05) is 0 Å². The largest absolute Gasteiger partial charge is 0.279 e. The lowest BCUT2D eigenvalue weighted by atomic mass is 10.1. The Bertz CT molecular complexity index is 717. The van der Waals surface area contributed by atoms with Crippen LogP contribution in [0.5, 0.6) is 0 Å². The van der Waals surface area contributed by atoms with Crippen molar-refractivity contribution in [1.29, 1.82) is 0 Å². The summed E-state index contributed by atoms with van der Waals surface area (Å²) < 4.78 is 53.7. The van der Waals surface area contributed by atoms with Crippen LogP contribution in [-0.4, -0.2) is 8.42 Å². The van der Waals surface area contributed by atoms with E-state index < -0.39 is 26.6 Å². The molecule has 0 heterocycles. The lowest BCUT2D eigenvalue weighted by molar-refractivity contribution is 0.521. The molecule has 0 fully saturated rings. The summed E-state index contributed by atoms with van der Waals surface area (Å²) in [6, 6.07) is 8.12. The molecule has 0 unspecified atom stereocenters. The van der Waals surface area contributed by atoms with E-state index in [2.05, 4.69) is 4.72 Å². The number of rotatable bonds is 3. The maximum Gasteiger partial charge on any atom is 0.267 e. The van der Waals surface area contributed by atoms with Crippen molar-refractivity contribution in [1.82, 2.24) is 0 Å². The Morgan fingerprint density at radius 2 is 1.35 bits per heavy atom. The van der Waals surface area contributed by atoms with E-state index in [4.69, 9.17) is 0 Å². The maximum atomic E-state index is 13.6. The third-order valence-electron chi connectivity index (χ3n) is 2.91. The minimum Gasteiger partial charge on any atom is -0.279 e. The number of benzene rings is 2. The lowest BCUT2D eigenvalue weighted by Crippen LogP contribution is -2.17. The van der Waals surface area contributed by atoms with Gasteiger partial charge in [0.1, 0.15) is 11.6 Å². The van der Waals surface area contributed by atoms with Crippen LogP contribution in [0.25, 0.3) is 0 Å². The van der Waals surface area contributed by atoms with E-state index in [1.807, 2.05) is 0 Å². The number of halogens is 2. The number of nitrogens with one attached hydrogen (secondary N) is 1. The molecule has 0 atom stereocenters. The standard InChI is InChI=1S/C14H13F2NO2S/c1-9-5-3-6-10(2)13(9)17-20(18,19)14-11(15)7-4-8-12(14)16/h3-8,17H,1-2H3. The monoisotopic (exact) mass is 297 g/mol. The van der Waals surface area contributed by atoms with Crippen molar-refractivity contribution in [2.45, 2.75) is 18.7 Å². The molecule has 0 spiro atoms. The Hall–Kier alpha value is -1.95. The van der Waals surface area contributed by atoms with Crippen LogP contribution in [0.1, 0.15) is 11.1 Å². The lowest BCUT2D eigenvalue weighted by Gasteiger charge is -2.13. The van der Waals surface area contributed by atoms with Crippen molar-refractivity contribution in [2.24, 2.45) is 0 Å². The van der Waals surface area contributed by atoms with E-state index in [1.54, 1.807) is 32.0 Å². The number of para-hydroxylation sites is 1. The van der Waals surface area contributed by atoms with Crippen LogP contribution in [0.3, 0.4) is 0 Å². The summed E-state index contributed by atoms with van der Waals surface area (Å²) in [7, 11) is -4.32. The Labute approximate surface area is 116 Å². The van der Waals surface area contributed by atoms with Crippen molar-refractivity contribution in [2.75, 3.05) is 4.72 Å². The highest BCUT2D eigenvalue weighted by atomic mass is 32.2. The van der Waals surface area contributed by atoms with Gasteiger partial charge in [-0.3, -0.25) is 4.72 Å². The highest BCUT2D eigenvalue weighted by Crippen LogP contribution is 2.25. The van der Waals surface area contributed by atoms with Crippen LogP contribution in [-0.2, 0) is 10.0 Å². The highest BCUT2D eigenvalue weighted by molar-refractivity contribution is 7.92.